The number of pyridine rings is 2. The Kier molecular flexibility index (Phi) is 4.36. The summed E-state index contributed by atoms with van der Waals surface area (Å²) in [6.07, 6.45) is 4.65. The summed E-state index contributed by atoms with van der Waals surface area (Å²) in [5, 5.41) is 7.73. The third-order valence-electron chi connectivity index (χ3n) is 4.24. The number of carbonyl (C=O) groups excluding carboxylic acids is 1. The number of hydrogen-bond donors (Lipinski definition) is 2. The smallest absolute Gasteiger partial charge is 0.262 e. The molecule has 0 saturated heterocycles. The maximum atomic E-state index is 12.6. The molecule has 8 nitrogen and oxygen atoms in total. The normalized spacial score (nSPS) is 10.8. The van der Waals surface area contributed by atoms with Crippen molar-refractivity contribution in [3.8, 4) is 11.5 Å². The number of H-pyrrole nitrogens is 1. The van der Waals surface area contributed by atoms with E-state index in [-0.39, 0.29) is 11.0 Å². The van der Waals surface area contributed by atoms with E-state index in [4.69, 9.17) is 4.74 Å². The molecular weight excluding hydrogens is 358 g/mol. The summed E-state index contributed by atoms with van der Waals surface area (Å²) in [4.78, 5) is 31.7. The molecule has 1 amide bonds. The molecule has 0 atom stereocenters. The van der Waals surface area contributed by atoms with E-state index >= 15 is 0 Å². The first kappa shape index (κ1) is 17.5. The van der Waals surface area contributed by atoms with E-state index in [0.29, 0.717) is 28.4 Å². The number of ether oxygens (including phenoxy) is 1. The molecule has 1 aromatic carbocycles. The highest BCUT2D eigenvalue weighted by Crippen LogP contribution is 2.34. The van der Waals surface area contributed by atoms with Crippen LogP contribution >= 0.6 is 0 Å². The molecule has 4 rings (SSSR count). The van der Waals surface area contributed by atoms with Gasteiger partial charge in [0.2, 0.25) is 0 Å². The van der Waals surface area contributed by atoms with Gasteiger partial charge in [0.25, 0.3) is 5.91 Å². The summed E-state index contributed by atoms with van der Waals surface area (Å²) in [5.41, 5.74) is 1.10. The molecular formula is C20H17N5O3. The second-order valence-corrected chi connectivity index (χ2v) is 6.26. The first-order chi connectivity index (χ1) is 13.5. The molecule has 140 valence electrons. The van der Waals surface area contributed by atoms with Crippen LogP contribution in [-0.4, -0.2) is 25.7 Å². The highest BCUT2D eigenvalue weighted by Gasteiger charge is 2.18. The Balaban J connectivity index is 1.75. The van der Waals surface area contributed by atoms with Gasteiger partial charge in [0.1, 0.15) is 17.1 Å². The maximum Gasteiger partial charge on any atom is 0.262 e. The van der Waals surface area contributed by atoms with Crippen molar-refractivity contribution in [3.05, 3.63) is 76.5 Å². The van der Waals surface area contributed by atoms with Crippen LogP contribution < -0.4 is 15.5 Å². The molecule has 2 N–H and O–H groups in total. The summed E-state index contributed by atoms with van der Waals surface area (Å²) in [7, 11) is 1.77. The van der Waals surface area contributed by atoms with Crippen LogP contribution in [0.2, 0.25) is 0 Å². The predicted octanol–water partition coefficient (Wildman–Crippen LogP) is 3.01. The topological polar surface area (TPSA) is 102 Å². The minimum Gasteiger partial charge on any atom is -0.455 e. The SMILES string of the molecule is Cc1cc(=O)c(C(=O)Nc2nn(C)c3cccc(Oc4cccnc4)c23)c[nH]1. The molecule has 0 bridgehead atoms. The lowest BCUT2D eigenvalue weighted by Crippen LogP contribution is -2.22. The minimum absolute atomic E-state index is 0.00932. The van der Waals surface area contributed by atoms with Crippen LogP contribution in [-0.2, 0) is 7.05 Å². The Morgan fingerprint density at radius 1 is 1.25 bits per heavy atom. The summed E-state index contributed by atoms with van der Waals surface area (Å²) in [6.45, 7) is 1.75. The first-order valence-corrected chi connectivity index (χ1v) is 8.57. The highest BCUT2D eigenvalue weighted by molar-refractivity contribution is 6.09. The molecule has 4 aromatic rings. The Bertz CT molecular complexity index is 1230. The molecule has 0 aliphatic rings. The Morgan fingerprint density at radius 2 is 2.11 bits per heavy atom. The molecule has 3 heterocycles. The maximum absolute atomic E-state index is 12.6. The number of benzene rings is 1. The average molecular weight is 375 g/mol. The van der Waals surface area contributed by atoms with Gasteiger partial charge in [0.05, 0.1) is 17.1 Å². The molecule has 3 aromatic heterocycles. The van der Waals surface area contributed by atoms with Gasteiger partial charge >= 0.3 is 0 Å². The lowest BCUT2D eigenvalue weighted by Gasteiger charge is -2.08. The van der Waals surface area contributed by atoms with Crippen LogP contribution in [0.4, 0.5) is 5.82 Å². The third-order valence-corrected chi connectivity index (χ3v) is 4.24. The van der Waals surface area contributed by atoms with Crippen molar-refractivity contribution in [1.82, 2.24) is 19.7 Å². The van der Waals surface area contributed by atoms with Crippen LogP contribution in [0.25, 0.3) is 10.9 Å². The quantitative estimate of drug-likeness (QED) is 0.571. The van der Waals surface area contributed by atoms with Gasteiger partial charge in [-0.25, -0.2) is 0 Å². The van der Waals surface area contributed by atoms with E-state index in [1.165, 1.54) is 12.3 Å². The number of amides is 1. The number of nitrogens with zero attached hydrogens (tertiary/aromatic N) is 3. The average Bonchev–Trinajstić information content (AvgIpc) is 2.99. The fraction of sp³-hybridized carbons (Fsp3) is 0.100. The second kappa shape index (κ2) is 6.99. The number of nitrogens with one attached hydrogen (secondary N) is 2. The number of fused-ring (bicyclic) bond motifs is 1. The predicted molar refractivity (Wildman–Crippen MR) is 105 cm³/mol. The zero-order valence-electron chi connectivity index (χ0n) is 15.3. The zero-order valence-corrected chi connectivity index (χ0v) is 15.3. The molecule has 0 aliphatic heterocycles. The number of hydrogen-bond acceptors (Lipinski definition) is 5. The molecule has 0 unspecified atom stereocenters. The number of carbonyl (C=O) groups is 1. The molecule has 0 fully saturated rings. The lowest BCUT2D eigenvalue weighted by atomic mass is 10.2. The van der Waals surface area contributed by atoms with Crippen molar-refractivity contribution >= 4 is 22.6 Å². The van der Waals surface area contributed by atoms with E-state index in [1.807, 2.05) is 12.1 Å². The Hall–Kier alpha value is -3.94. The fourth-order valence-electron chi connectivity index (χ4n) is 2.91. The van der Waals surface area contributed by atoms with E-state index in [1.54, 1.807) is 49.2 Å². The number of rotatable bonds is 4. The van der Waals surface area contributed by atoms with Crippen LogP contribution in [0, 0.1) is 6.92 Å². The van der Waals surface area contributed by atoms with Gasteiger partial charge in [-0.1, -0.05) is 6.07 Å². The van der Waals surface area contributed by atoms with Gasteiger partial charge in [0.15, 0.2) is 11.2 Å². The fourth-order valence-corrected chi connectivity index (χ4v) is 2.91. The van der Waals surface area contributed by atoms with Crippen molar-refractivity contribution in [3.63, 3.8) is 0 Å². The van der Waals surface area contributed by atoms with Gasteiger partial charge in [0, 0.05) is 31.2 Å². The standard InChI is InChI=1S/C20H17N5O3/c1-12-9-16(26)14(11-22-12)20(27)23-19-18-15(25(2)24-19)6-3-7-17(18)28-13-5-4-8-21-10-13/h3-11H,1-2H3,(H,22,26)(H,23,24,27). The number of aromatic nitrogens is 4. The Labute approximate surface area is 159 Å². The largest absolute Gasteiger partial charge is 0.455 e. The van der Waals surface area contributed by atoms with Crippen LogP contribution in [0.5, 0.6) is 11.5 Å². The van der Waals surface area contributed by atoms with Crippen LogP contribution in [0.1, 0.15) is 16.1 Å². The van der Waals surface area contributed by atoms with E-state index in [2.05, 4.69) is 20.4 Å². The van der Waals surface area contributed by atoms with Gasteiger partial charge in [-0.15, -0.1) is 0 Å². The van der Waals surface area contributed by atoms with Crippen molar-refractivity contribution in [1.29, 1.82) is 0 Å². The van der Waals surface area contributed by atoms with Gasteiger partial charge < -0.3 is 15.0 Å². The number of aryl methyl sites for hydroxylation is 2. The number of aromatic amines is 1. The molecule has 0 spiro atoms. The lowest BCUT2D eigenvalue weighted by molar-refractivity contribution is 0.102. The van der Waals surface area contributed by atoms with Crippen molar-refractivity contribution in [2.75, 3.05) is 5.32 Å². The van der Waals surface area contributed by atoms with Gasteiger partial charge in [-0.05, 0) is 31.2 Å². The summed E-state index contributed by atoms with van der Waals surface area (Å²) >= 11 is 0. The van der Waals surface area contributed by atoms with Crippen LogP contribution in [0.3, 0.4) is 0 Å². The molecule has 0 aliphatic carbocycles. The Morgan fingerprint density at radius 3 is 2.86 bits per heavy atom. The summed E-state index contributed by atoms with van der Waals surface area (Å²) < 4.78 is 7.58. The van der Waals surface area contributed by atoms with E-state index in [0.717, 1.165) is 5.52 Å². The monoisotopic (exact) mass is 375 g/mol. The molecule has 0 saturated carbocycles. The summed E-state index contributed by atoms with van der Waals surface area (Å²) in [6, 6.07) is 10.4. The molecule has 0 radical (unpaired) electrons. The van der Waals surface area contributed by atoms with E-state index < -0.39 is 5.91 Å². The van der Waals surface area contributed by atoms with Crippen molar-refractivity contribution in [2.45, 2.75) is 6.92 Å². The minimum atomic E-state index is -0.544. The highest BCUT2D eigenvalue weighted by atomic mass is 16.5. The van der Waals surface area contributed by atoms with Gasteiger partial charge in [-0.3, -0.25) is 19.3 Å². The van der Waals surface area contributed by atoms with Gasteiger partial charge in [-0.2, -0.15) is 5.10 Å². The van der Waals surface area contributed by atoms with E-state index in [9.17, 15) is 9.59 Å². The summed E-state index contributed by atoms with van der Waals surface area (Å²) in [5.74, 6) is 0.845. The molecule has 28 heavy (non-hydrogen) atoms. The van der Waals surface area contributed by atoms with Crippen LogP contribution in [0.15, 0.2) is 59.8 Å². The second-order valence-electron chi connectivity index (χ2n) is 6.26. The van der Waals surface area contributed by atoms with Crippen molar-refractivity contribution < 1.29 is 9.53 Å². The number of anilines is 1. The molecule has 8 heteroatoms. The van der Waals surface area contributed by atoms with Crippen molar-refractivity contribution in [2.24, 2.45) is 7.05 Å². The zero-order chi connectivity index (χ0) is 19.7. The third kappa shape index (κ3) is 3.23. The first-order valence-electron chi connectivity index (χ1n) is 8.57.